The lowest BCUT2D eigenvalue weighted by atomic mass is 10.2. The molecule has 0 N–H and O–H groups in total. The maximum Gasteiger partial charge on any atom is 0.231 e. The van der Waals surface area contributed by atoms with Gasteiger partial charge in [-0.3, -0.25) is 0 Å². The van der Waals surface area contributed by atoms with Gasteiger partial charge in [0.05, 0.1) is 25.3 Å². The van der Waals surface area contributed by atoms with Crippen LogP contribution in [0.5, 0.6) is 0 Å². The molecule has 0 spiro atoms. The smallest absolute Gasteiger partial charge is 0.231 e. The number of fused-ring (bicyclic) bond motifs is 2. The molecular weight excluding hydrogens is 251 g/mol. The molecule has 2 aliphatic heterocycles. The average Bonchev–Trinajstić information content (AvgIpc) is 2.47. The van der Waals surface area contributed by atoms with Crippen LogP contribution < -0.4 is 4.90 Å². The van der Waals surface area contributed by atoms with Gasteiger partial charge in [-0.1, -0.05) is 0 Å². The standard InChI is InChI=1S/C9H10Cl2N4O/c10-7-12-8(11)14-9(13-7)15-5-1-2-6(15)4-16-3-5/h5-6H,1-4H2. The van der Waals surface area contributed by atoms with Crippen molar-refractivity contribution in [1.82, 2.24) is 15.0 Å². The minimum Gasteiger partial charge on any atom is -0.377 e. The van der Waals surface area contributed by atoms with Gasteiger partial charge >= 0.3 is 0 Å². The molecule has 0 saturated carbocycles. The molecule has 0 amide bonds. The molecule has 7 heteroatoms. The van der Waals surface area contributed by atoms with Crippen molar-refractivity contribution in [2.24, 2.45) is 0 Å². The molecule has 1 aromatic heterocycles. The average molecular weight is 261 g/mol. The largest absolute Gasteiger partial charge is 0.377 e. The first-order valence-electron chi connectivity index (χ1n) is 5.17. The highest BCUT2D eigenvalue weighted by Crippen LogP contribution is 2.32. The highest BCUT2D eigenvalue weighted by Gasteiger charge is 2.39. The molecule has 1 aromatic rings. The van der Waals surface area contributed by atoms with Gasteiger partial charge in [-0.25, -0.2) is 0 Å². The maximum atomic E-state index is 5.78. The highest BCUT2D eigenvalue weighted by molar-refractivity contribution is 6.31. The van der Waals surface area contributed by atoms with E-state index in [1.165, 1.54) is 0 Å². The lowest BCUT2D eigenvalue weighted by Crippen LogP contribution is -2.46. The molecule has 2 fully saturated rings. The summed E-state index contributed by atoms with van der Waals surface area (Å²) < 4.78 is 5.49. The Morgan fingerprint density at radius 3 is 2.12 bits per heavy atom. The number of ether oxygens (including phenoxy) is 1. The number of hydrogen-bond acceptors (Lipinski definition) is 5. The topological polar surface area (TPSA) is 51.1 Å². The van der Waals surface area contributed by atoms with Gasteiger partial charge in [0.2, 0.25) is 16.5 Å². The highest BCUT2D eigenvalue weighted by atomic mass is 35.5. The third kappa shape index (κ3) is 1.73. The van der Waals surface area contributed by atoms with Crippen LogP contribution in [0.25, 0.3) is 0 Å². The molecule has 0 aliphatic carbocycles. The van der Waals surface area contributed by atoms with E-state index in [1.54, 1.807) is 0 Å². The van der Waals surface area contributed by atoms with E-state index in [1.807, 2.05) is 0 Å². The Bertz CT molecular complexity index is 380. The number of hydrogen-bond donors (Lipinski definition) is 0. The van der Waals surface area contributed by atoms with Crippen molar-refractivity contribution in [2.45, 2.75) is 24.9 Å². The van der Waals surface area contributed by atoms with Gasteiger partial charge < -0.3 is 9.64 Å². The van der Waals surface area contributed by atoms with Crippen molar-refractivity contribution in [2.75, 3.05) is 18.1 Å². The number of halogens is 2. The zero-order valence-electron chi connectivity index (χ0n) is 8.44. The normalized spacial score (nSPS) is 28.5. The van der Waals surface area contributed by atoms with E-state index in [4.69, 9.17) is 27.9 Å². The Balaban J connectivity index is 1.97. The van der Waals surface area contributed by atoms with Crippen LogP contribution in [0, 0.1) is 0 Å². The number of nitrogens with zero attached hydrogens (tertiary/aromatic N) is 4. The van der Waals surface area contributed by atoms with Gasteiger partial charge in [0.25, 0.3) is 0 Å². The molecule has 2 saturated heterocycles. The summed E-state index contributed by atoms with van der Waals surface area (Å²) in [6.07, 6.45) is 2.21. The fourth-order valence-corrected chi connectivity index (χ4v) is 2.74. The second kappa shape index (κ2) is 3.98. The quantitative estimate of drug-likeness (QED) is 0.767. The van der Waals surface area contributed by atoms with Crippen molar-refractivity contribution >= 4 is 29.2 Å². The SMILES string of the molecule is Clc1nc(Cl)nc(N2C3CCC2COC3)n1. The summed E-state index contributed by atoms with van der Waals surface area (Å²) in [7, 11) is 0. The molecule has 3 heterocycles. The van der Waals surface area contributed by atoms with Crippen molar-refractivity contribution in [3.63, 3.8) is 0 Å². The van der Waals surface area contributed by atoms with Gasteiger partial charge in [-0.05, 0) is 36.0 Å². The molecule has 2 bridgehead atoms. The molecule has 2 unspecified atom stereocenters. The van der Waals surface area contributed by atoms with E-state index < -0.39 is 0 Å². The van der Waals surface area contributed by atoms with E-state index in [9.17, 15) is 0 Å². The molecule has 5 nitrogen and oxygen atoms in total. The summed E-state index contributed by atoms with van der Waals surface area (Å²) in [5, 5.41) is 0.279. The maximum absolute atomic E-state index is 5.78. The van der Waals surface area contributed by atoms with Gasteiger partial charge in [-0.2, -0.15) is 15.0 Å². The molecule has 3 rings (SSSR count). The lowest BCUT2D eigenvalue weighted by Gasteiger charge is -2.34. The summed E-state index contributed by atoms with van der Waals surface area (Å²) in [4.78, 5) is 14.2. The molecule has 0 radical (unpaired) electrons. The van der Waals surface area contributed by atoms with E-state index >= 15 is 0 Å². The molecule has 16 heavy (non-hydrogen) atoms. The summed E-state index contributed by atoms with van der Waals surface area (Å²) in [5.41, 5.74) is 0. The first kappa shape index (κ1) is 10.5. The van der Waals surface area contributed by atoms with Crippen molar-refractivity contribution in [3.05, 3.63) is 10.6 Å². The zero-order chi connectivity index (χ0) is 11.1. The van der Waals surface area contributed by atoms with Crippen LogP contribution in [0.2, 0.25) is 10.6 Å². The van der Waals surface area contributed by atoms with Gasteiger partial charge in [0.15, 0.2) is 0 Å². The van der Waals surface area contributed by atoms with E-state index in [2.05, 4.69) is 19.9 Å². The first-order valence-corrected chi connectivity index (χ1v) is 5.93. The summed E-state index contributed by atoms with van der Waals surface area (Å²) in [6, 6.07) is 0.682. The summed E-state index contributed by atoms with van der Waals surface area (Å²) in [6.45, 7) is 1.44. The van der Waals surface area contributed by atoms with E-state index in [0.29, 0.717) is 18.0 Å². The lowest BCUT2D eigenvalue weighted by molar-refractivity contribution is 0.0897. The minimum absolute atomic E-state index is 0.140. The summed E-state index contributed by atoms with van der Waals surface area (Å²) in [5.74, 6) is 0.570. The second-order valence-electron chi connectivity index (χ2n) is 4.00. The van der Waals surface area contributed by atoms with Gasteiger partial charge in [0.1, 0.15) is 0 Å². The van der Waals surface area contributed by atoms with Crippen molar-refractivity contribution in [3.8, 4) is 0 Å². The van der Waals surface area contributed by atoms with E-state index in [0.717, 1.165) is 26.1 Å². The second-order valence-corrected chi connectivity index (χ2v) is 4.68. The fourth-order valence-electron chi connectivity index (χ4n) is 2.39. The predicted octanol–water partition coefficient (Wildman–Crippen LogP) is 1.55. The predicted molar refractivity (Wildman–Crippen MR) is 60.0 cm³/mol. The monoisotopic (exact) mass is 260 g/mol. The Hall–Kier alpha value is -0.650. The van der Waals surface area contributed by atoms with Gasteiger partial charge in [0, 0.05) is 0 Å². The summed E-state index contributed by atoms with van der Waals surface area (Å²) >= 11 is 11.6. The first-order chi connectivity index (χ1) is 7.74. The van der Waals surface area contributed by atoms with Crippen LogP contribution in [0.3, 0.4) is 0 Å². The fraction of sp³-hybridized carbons (Fsp3) is 0.667. The van der Waals surface area contributed by atoms with Crippen LogP contribution in [0.4, 0.5) is 5.95 Å². The van der Waals surface area contributed by atoms with Crippen LogP contribution in [0.15, 0.2) is 0 Å². The Kier molecular flexibility index (Phi) is 2.61. The van der Waals surface area contributed by atoms with Crippen molar-refractivity contribution < 1.29 is 4.74 Å². The number of aromatic nitrogens is 3. The number of rotatable bonds is 1. The van der Waals surface area contributed by atoms with Crippen LogP contribution >= 0.6 is 23.2 Å². The van der Waals surface area contributed by atoms with Crippen LogP contribution in [-0.2, 0) is 4.74 Å². The number of anilines is 1. The van der Waals surface area contributed by atoms with Crippen molar-refractivity contribution in [1.29, 1.82) is 0 Å². The Labute approximate surface area is 103 Å². The van der Waals surface area contributed by atoms with E-state index in [-0.39, 0.29) is 10.6 Å². The minimum atomic E-state index is 0.140. The molecule has 86 valence electrons. The Morgan fingerprint density at radius 2 is 1.56 bits per heavy atom. The third-order valence-corrected chi connectivity index (χ3v) is 3.38. The molecule has 2 aliphatic rings. The van der Waals surface area contributed by atoms with Crippen LogP contribution in [-0.4, -0.2) is 40.2 Å². The third-order valence-electron chi connectivity index (χ3n) is 3.04. The molecule has 0 aromatic carbocycles. The zero-order valence-corrected chi connectivity index (χ0v) is 9.95. The van der Waals surface area contributed by atoms with Crippen LogP contribution in [0.1, 0.15) is 12.8 Å². The molecular formula is C9H10Cl2N4O. The Morgan fingerprint density at radius 1 is 1.00 bits per heavy atom. The number of morpholine rings is 1. The molecule has 2 atom stereocenters. The van der Waals surface area contributed by atoms with Gasteiger partial charge in [-0.15, -0.1) is 0 Å².